The van der Waals surface area contributed by atoms with Crippen LogP contribution < -0.4 is 0 Å². The molecule has 0 aromatic carbocycles. The highest BCUT2D eigenvalue weighted by Gasteiger charge is 2.19. The van der Waals surface area contributed by atoms with Crippen molar-refractivity contribution in [2.45, 2.75) is 322 Å². The molecule has 0 N–H and O–H groups in total. The number of hydrogen-bond donors (Lipinski definition) is 0. The highest BCUT2D eigenvalue weighted by Crippen LogP contribution is 2.17. The molecule has 1 atom stereocenters. The average Bonchev–Trinajstić information content (AvgIpc) is 3.49. The van der Waals surface area contributed by atoms with Gasteiger partial charge in [-0.1, -0.05) is 315 Å². The highest BCUT2D eigenvalue weighted by molar-refractivity contribution is 5.71. The van der Waals surface area contributed by atoms with Crippen molar-refractivity contribution in [2.24, 2.45) is 0 Å². The Balaban J connectivity index is 4.44. The van der Waals surface area contributed by atoms with Crippen LogP contribution in [0.1, 0.15) is 316 Å². The van der Waals surface area contributed by atoms with Gasteiger partial charge in [-0.3, -0.25) is 14.4 Å². The van der Waals surface area contributed by atoms with Crippen LogP contribution in [-0.2, 0) is 28.6 Å². The van der Waals surface area contributed by atoms with Gasteiger partial charge in [0.05, 0.1) is 0 Å². The van der Waals surface area contributed by atoms with Crippen molar-refractivity contribution in [1.29, 1.82) is 0 Å². The number of allylic oxidation sites excluding steroid dienone is 22. The van der Waals surface area contributed by atoms with E-state index in [0.717, 1.165) is 148 Å². The lowest BCUT2D eigenvalue weighted by molar-refractivity contribution is -0.167. The zero-order valence-corrected chi connectivity index (χ0v) is 54.2. The van der Waals surface area contributed by atoms with Crippen molar-refractivity contribution < 1.29 is 28.6 Å². The highest BCUT2D eigenvalue weighted by atomic mass is 16.6. The van der Waals surface area contributed by atoms with Crippen LogP contribution in [0.25, 0.3) is 0 Å². The van der Waals surface area contributed by atoms with Gasteiger partial charge in [0.25, 0.3) is 0 Å². The first-order chi connectivity index (χ1) is 41.0. The molecule has 0 fully saturated rings. The van der Waals surface area contributed by atoms with Gasteiger partial charge in [-0.05, 0) is 116 Å². The minimum Gasteiger partial charge on any atom is -0.462 e. The summed E-state index contributed by atoms with van der Waals surface area (Å²) in [6, 6.07) is 0. The molecule has 0 aliphatic carbocycles. The van der Waals surface area contributed by atoms with E-state index >= 15 is 0 Å². The van der Waals surface area contributed by atoms with E-state index in [1.54, 1.807) is 0 Å². The molecule has 472 valence electrons. The SMILES string of the molecule is CC/C=C\C/C=C\C/C=C\C/C=C\C/C=C\C/C=C\CCCCCCC(=O)OC(COC(=O)CCCCCCCCCCC/C=C\C/C=C\C/C=C\C/C=C\C/C=C\CC)COC(=O)CCCCCCCCCCCCCCCCCCC. The van der Waals surface area contributed by atoms with Crippen molar-refractivity contribution >= 4 is 17.9 Å². The Morgan fingerprint density at radius 2 is 0.470 bits per heavy atom. The molecule has 0 bridgehead atoms. The van der Waals surface area contributed by atoms with E-state index in [0.29, 0.717) is 19.3 Å². The monoisotopic (exact) mass is 1150 g/mol. The molecule has 0 spiro atoms. The summed E-state index contributed by atoms with van der Waals surface area (Å²) in [5.41, 5.74) is 0. The van der Waals surface area contributed by atoms with Gasteiger partial charge < -0.3 is 14.2 Å². The Kier molecular flexibility index (Phi) is 66.3. The summed E-state index contributed by atoms with van der Waals surface area (Å²) < 4.78 is 17.0. The summed E-state index contributed by atoms with van der Waals surface area (Å²) in [4.78, 5) is 38.5. The molecule has 0 saturated heterocycles. The van der Waals surface area contributed by atoms with Gasteiger partial charge in [0.1, 0.15) is 13.2 Å². The molecule has 0 radical (unpaired) electrons. The van der Waals surface area contributed by atoms with Crippen molar-refractivity contribution in [3.05, 3.63) is 134 Å². The smallest absolute Gasteiger partial charge is 0.306 e. The summed E-state index contributed by atoms with van der Waals surface area (Å²) in [6.45, 7) is 6.42. The van der Waals surface area contributed by atoms with Gasteiger partial charge >= 0.3 is 17.9 Å². The number of carbonyl (C=O) groups excluding carboxylic acids is 3. The van der Waals surface area contributed by atoms with Crippen molar-refractivity contribution in [2.75, 3.05) is 13.2 Å². The maximum Gasteiger partial charge on any atom is 0.306 e. The third-order valence-corrected chi connectivity index (χ3v) is 14.7. The summed E-state index contributed by atoms with van der Waals surface area (Å²) in [6.07, 6.45) is 98.9. The van der Waals surface area contributed by atoms with E-state index in [1.165, 1.54) is 128 Å². The van der Waals surface area contributed by atoms with Gasteiger partial charge in [0.2, 0.25) is 0 Å². The molecule has 0 aromatic heterocycles. The second kappa shape index (κ2) is 70.0. The Hall–Kier alpha value is -4.45. The lowest BCUT2D eigenvalue weighted by atomic mass is 10.0. The summed E-state index contributed by atoms with van der Waals surface area (Å²) in [5.74, 6) is -0.913. The predicted octanol–water partition coefficient (Wildman–Crippen LogP) is 24.1. The number of esters is 3. The van der Waals surface area contributed by atoms with E-state index in [2.05, 4.69) is 154 Å². The van der Waals surface area contributed by atoms with E-state index in [-0.39, 0.29) is 31.1 Å². The normalized spacial score (nSPS) is 13.0. The molecule has 0 rings (SSSR count). The first kappa shape index (κ1) is 78.5. The molecule has 0 aliphatic heterocycles. The van der Waals surface area contributed by atoms with Crippen LogP contribution in [0.5, 0.6) is 0 Å². The quantitative estimate of drug-likeness (QED) is 0.0261. The number of hydrogen-bond acceptors (Lipinski definition) is 6. The van der Waals surface area contributed by atoms with Crippen LogP contribution >= 0.6 is 0 Å². The fraction of sp³-hybridized carbons (Fsp3) is 0.675. The van der Waals surface area contributed by atoms with Crippen molar-refractivity contribution in [3.8, 4) is 0 Å². The zero-order chi connectivity index (χ0) is 59.9. The summed E-state index contributed by atoms with van der Waals surface area (Å²) in [7, 11) is 0. The predicted molar refractivity (Wildman–Crippen MR) is 362 cm³/mol. The molecular formula is C77H128O6. The molecular weight excluding hydrogens is 1020 g/mol. The van der Waals surface area contributed by atoms with E-state index in [9.17, 15) is 14.4 Å². The number of rotatable bonds is 62. The van der Waals surface area contributed by atoms with Gasteiger partial charge in [-0.15, -0.1) is 0 Å². The van der Waals surface area contributed by atoms with Crippen LogP contribution in [0.2, 0.25) is 0 Å². The van der Waals surface area contributed by atoms with E-state index in [1.807, 2.05) is 0 Å². The van der Waals surface area contributed by atoms with Crippen molar-refractivity contribution in [3.63, 3.8) is 0 Å². The van der Waals surface area contributed by atoms with Gasteiger partial charge in [-0.2, -0.15) is 0 Å². The number of carbonyl (C=O) groups is 3. The minimum atomic E-state index is -0.800. The fourth-order valence-electron chi connectivity index (χ4n) is 9.53. The molecule has 0 saturated carbocycles. The Labute approximate surface area is 513 Å². The molecule has 0 amide bonds. The maximum atomic E-state index is 13.0. The largest absolute Gasteiger partial charge is 0.462 e. The third-order valence-electron chi connectivity index (χ3n) is 14.7. The number of unbranched alkanes of at least 4 members (excludes halogenated alkanes) is 29. The van der Waals surface area contributed by atoms with E-state index < -0.39 is 6.10 Å². The van der Waals surface area contributed by atoms with Gasteiger partial charge in [0, 0.05) is 19.3 Å². The molecule has 6 heteroatoms. The third kappa shape index (κ3) is 68.2. The lowest BCUT2D eigenvalue weighted by Gasteiger charge is -2.18. The van der Waals surface area contributed by atoms with Crippen molar-refractivity contribution in [1.82, 2.24) is 0 Å². The second-order valence-electron chi connectivity index (χ2n) is 22.7. The van der Waals surface area contributed by atoms with Crippen LogP contribution in [0.15, 0.2) is 134 Å². The Morgan fingerprint density at radius 1 is 0.253 bits per heavy atom. The Morgan fingerprint density at radius 3 is 0.735 bits per heavy atom. The van der Waals surface area contributed by atoms with Crippen LogP contribution in [0, 0.1) is 0 Å². The van der Waals surface area contributed by atoms with Gasteiger partial charge in [-0.25, -0.2) is 0 Å². The van der Waals surface area contributed by atoms with Crippen LogP contribution in [0.4, 0.5) is 0 Å². The molecule has 0 aromatic rings. The fourth-order valence-corrected chi connectivity index (χ4v) is 9.53. The summed E-state index contributed by atoms with van der Waals surface area (Å²) in [5, 5.41) is 0. The van der Waals surface area contributed by atoms with Gasteiger partial charge in [0.15, 0.2) is 6.10 Å². The zero-order valence-electron chi connectivity index (χ0n) is 54.2. The standard InChI is InChI=1S/C77H128O6/c1-4-7-10-13-16-19-22-25-28-31-33-35-37-38-40-41-43-46-49-52-55-58-61-64-67-70-76(79)82-73-74(72-81-75(78)69-66-63-60-57-54-51-48-45-30-27-24-21-18-15-12-9-6-3)83-77(80)71-68-65-62-59-56-53-50-47-44-42-39-36-34-32-29-26-23-20-17-14-11-8-5-2/h7-8,10-11,16-17,19-20,25-26,28-29,33-36,38,40,42,44,50,53,74H,4-6,9,12-15,18,21-24,27,30-32,37,39,41,43,45-49,51-52,54-73H2,1-3H3/b10-7-,11-8-,19-16-,20-17-,28-25-,29-26-,35-33-,36-34-,40-38-,44-42-,53-50-. The average molecular weight is 1150 g/mol. The lowest BCUT2D eigenvalue weighted by Crippen LogP contribution is -2.30. The minimum absolute atomic E-state index is 0.0911. The van der Waals surface area contributed by atoms with Crippen LogP contribution in [-0.4, -0.2) is 37.2 Å². The maximum absolute atomic E-state index is 13.0. The first-order valence-electron chi connectivity index (χ1n) is 34.7. The Bertz CT molecular complexity index is 1750. The first-order valence-corrected chi connectivity index (χ1v) is 34.7. The van der Waals surface area contributed by atoms with E-state index in [4.69, 9.17) is 14.2 Å². The molecule has 1 unspecified atom stereocenters. The second-order valence-corrected chi connectivity index (χ2v) is 22.7. The molecule has 6 nitrogen and oxygen atoms in total. The number of ether oxygens (including phenoxy) is 3. The van der Waals surface area contributed by atoms with Crippen LogP contribution in [0.3, 0.4) is 0 Å². The molecule has 0 aliphatic rings. The molecule has 83 heavy (non-hydrogen) atoms. The topological polar surface area (TPSA) is 78.9 Å². The molecule has 0 heterocycles. The summed E-state index contributed by atoms with van der Waals surface area (Å²) >= 11 is 0.